The molecular weight excluding hydrogens is 465 g/mol. The molecule has 10 heteroatoms. The number of sulfonamides is 1. The number of benzene rings is 1. The molecule has 34 heavy (non-hydrogen) atoms. The Bertz CT molecular complexity index is 1350. The van der Waals surface area contributed by atoms with Crippen LogP contribution in [0.5, 0.6) is 0 Å². The van der Waals surface area contributed by atoms with Gasteiger partial charge in [0.25, 0.3) is 0 Å². The molecule has 1 fully saturated rings. The number of nitrogens with one attached hydrogen (secondary N) is 1. The van der Waals surface area contributed by atoms with Crippen LogP contribution in [0.3, 0.4) is 0 Å². The maximum Gasteiger partial charge on any atom is 0.404 e. The van der Waals surface area contributed by atoms with Crippen molar-refractivity contribution < 1.29 is 21.6 Å². The summed E-state index contributed by atoms with van der Waals surface area (Å²) >= 11 is 0. The lowest BCUT2D eigenvalue weighted by molar-refractivity contribution is -0.147. The molecule has 1 atom stereocenters. The Morgan fingerprint density at radius 3 is 2.47 bits per heavy atom. The number of alkyl halides is 3. The van der Waals surface area contributed by atoms with Crippen molar-refractivity contribution in [2.24, 2.45) is 0 Å². The van der Waals surface area contributed by atoms with Gasteiger partial charge in [-0.25, -0.2) is 8.42 Å². The van der Waals surface area contributed by atoms with E-state index in [1.165, 1.54) is 12.1 Å². The minimum absolute atomic E-state index is 0.176. The van der Waals surface area contributed by atoms with Gasteiger partial charge in [-0.2, -0.15) is 23.2 Å². The van der Waals surface area contributed by atoms with Crippen LogP contribution in [0.1, 0.15) is 56.2 Å². The van der Waals surface area contributed by atoms with E-state index >= 15 is 0 Å². The smallest absolute Gasteiger partial charge is 0.335 e. The number of rotatable bonds is 5. The average Bonchev–Trinajstić information content (AvgIpc) is 3.12. The van der Waals surface area contributed by atoms with Crippen LogP contribution < -0.4 is 4.72 Å². The molecule has 3 aromatic rings. The van der Waals surface area contributed by atoms with E-state index in [4.69, 9.17) is 0 Å². The zero-order valence-electron chi connectivity index (χ0n) is 18.9. The van der Waals surface area contributed by atoms with E-state index in [1.54, 1.807) is 4.72 Å². The first kappa shape index (κ1) is 24.2. The minimum Gasteiger partial charge on any atom is -0.335 e. The molecule has 180 valence electrons. The summed E-state index contributed by atoms with van der Waals surface area (Å²) in [5.74, 6) is 0. The van der Waals surface area contributed by atoms with Gasteiger partial charge in [-0.15, -0.1) is 0 Å². The predicted molar refractivity (Wildman–Crippen MR) is 123 cm³/mol. The summed E-state index contributed by atoms with van der Waals surface area (Å²) in [5.41, 5.74) is 3.44. The van der Waals surface area contributed by atoms with Crippen LogP contribution in [-0.4, -0.2) is 30.2 Å². The van der Waals surface area contributed by atoms with Gasteiger partial charge in [0.15, 0.2) is 0 Å². The second kappa shape index (κ2) is 9.04. The van der Waals surface area contributed by atoms with E-state index in [9.17, 15) is 26.9 Å². The summed E-state index contributed by atoms with van der Waals surface area (Å²) in [6.45, 7) is 2.72. The van der Waals surface area contributed by atoms with Crippen LogP contribution in [0.25, 0.3) is 22.3 Å². The van der Waals surface area contributed by atoms with Crippen LogP contribution >= 0.6 is 0 Å². The van der Waals surface area contributed by atoms with Crippen molar-refractivity contribution in [1.29, 1.82) is 5.26 Å². The largest absolute Gasteiger partial charge is 0.404 e. The van der Waals surface area contributed by atoms with Gasteiger partial charge in [0, 0.05) is 17.6 Å². The molecule has 0 amide bonds. The fourth-order valence-corrected chi connectivity index (χ4v) is 5.72. The highest BCUT2D eigenvalue weighted by Crippen LogP contribution is 2.40. The molecule has 0 spiro atoms. The topological polar surface area (TPSA) is 87.8 Å². The minimum atomic E-state index is -4.71. The van der Waals surface area contributed by atoms with Crippen LogP contribution in [-0.2, 0) is 10.0 Å². The van der Waals surface area contributed by atoms with E-state index < -0.39 is 22.2 Å². The van der Waals surface area contributed by atoms with Crippen LogP contribution in [0, 0.1) is 18.3 Å². The highest BCUT2D eigenvalue weighted by Gasteiger charge is 2.39. The van der Waals surface area contributed by atoms with Crippen molar-refractivity contribution in [3.05, 3.63) is 47.7 Å². The summed E-state index contributed by atoms with van der Waals surface area (Å²) in [4.78, 5) is 3.92. The maximum atomic E-state index is 12.8. The van der Waals surface area contributed by atoms with Crippen molar-refractivity contribution in [1.82, 2.24) is 14.3 Å². The van der Waals surface area contributed by atoms with Gasteiger partial charge in [-0.05, 0) is 50.5 Å². The monoisotopic (exact) mass is 490 g/mol. The van der Waals surface area contributed by atoms with Crippen LogP contribution in [0.15, 0.2) is 41.4 Å². The number of hydrogen-bond donors (Lipinski definition) is 1. The van der Waals surface area contributed by atoms with Gasteiger partial charge >= 0.3 is 6.18 Å². The van der Waals surface area contributed by atoms with Crippen LogP contribution in [0.4, 0.5) is 13.2 Å². The van der Waals surface area contributed by atoms with Gasteiger partial charge < -0.3 is 4.57 Å². The SMILES string of the molecule is Cc1ccc2c(C#N)c(-c3ccc(S(=O)(=O)NC(C)C(F)(F)F)cn3)n(C3CCCCC3)c2c1. The van der Waals surface area contributed by atoms with E-state index in [0.29, 0.717) is 17.0 Å². The molecule has 2 heterocycles. The van der Waals surface area contributed by atoms with Crippen molar-refractivity contribution in [3.8, 4) is 17.5 Å². The molecular formula is C24H25F3N4O2S. The molecule has 1 aliphatic carbocycles. The summed E-state index contributed by atoms with van der Waals surface area (Å²) in [5, 5.41) is 10.8. The molecule has 1 N–H and O–H groups in total. The zero-order chi connectivity index (χ0) is 24.7. The van der Waals surface area contributed by atoms with E-state index in [1.807, 2.05) is 25.1 Å². The quantitative estimate of drug-likeness (QED) is 0.503. The summed E-state index contributed by atoms with van der Waals surface area (Å²) in [7, 11) is -4.42. The second-order valence-corrected chi connectivity index (χ2v) is 10.5. The number of hydrogen-bond acceptors (Lipinski definition) is 4. The third-order valence-electron chi connectivity index (χ3n) is 6.32. The van der Waals surface area contributed by atoms with Gasteiger partial charge in [0.2, 0.25) is 10.0 Å². The predicted octanol–water partition coefficient (Wildman–Crippen LogP) is 5.62. The molecule has 1 aromatic carbocycles. The highest BCUT2D eigenvalue weighted by molar-refractivity contribution is 7.89. The van der Waals surface area contributed by atoms with Crippen LogP contribution in [0.2, 0.25) is 0 Å². The lowest BCUT2D eigenvalue weighted by atomic mass is 9.95. The molecule has 0 bridgehead atoms. The first-order valence-electron chi connectivity index (χ1n) is 11.1. The number of pyridine rings is 1. The number of aryl methyl sites for hydroxylation is 1. The van der Waals surface area contributed by atoms with Gasteiger partial charge in [-0.1, -0.05) is 31.4 Å². The molecule has 1 aliphatic rings. The fourth-order valence-electron chi connectivity index (χ4n) is 4.55. The first-order valence-corrected chi connectivity index (χ1v) is 12.6. The molecule has 4 rings (SSSR count). The van der Waals surface area contributed by atoms with E-state index in [0.717, 1.165) is 61.7 Å². The zero-order valence-corrected chi connectivity index (χ0v) is 19.7. The van der Waals surface area contributed by atoms with E-state index in [2.05, 4.69) is 15.6 Å². The molecule has 0 aliphatic heterocycles. The van der Waals surface area contributed by atoms with Gasteiger partial charge in [0.05, 0.1) is 22.5 Å². The van der Waals surface area contributed by atoms with Crippen molar-refractivity contribution in [2.45, 2.75) is 69.1 Å². The number of nitriles is 1. The molecule has 6 nitrogen and oxygen atoms in total. The van der Waals surface area contributed by atoms with Crippen molar-refractivity contribution in [2.75, 3.05) is 0 Å². The molecule has 1 saturated carbocycles. The van der Waals surface area contributed by atoms with Crippen molar-refractivity contribution >= 4 is 20.9 Å². The molecule has 1 unspecified atom stereocenters. The molecule has 2 aromatic heterocycles. The van der Waals surface area contributed by atoms with E-state index in [-0.39, 0.29) is 10.9 Å². The summed E-state index contributed by atoms with van der Waals surface area (Å²) < 4.78 is 67.2. The Morgan fingerprint density at radius 2 is 1.88 bits per heavy atom. The molecule has 0 radical (unpaired) electrons. The third-order valence-corrected chi connectivity index (χ3v) is 7.85. The Kier molecular flexibility index (Phi) is 6.44. The number of halogens is 3. The Morgan fingerprint density at radius 1 is 1.18 bits per heavy atom. The fraction of sp³-hybridized carbons (Fsp3) is 0.417. The lowest BCUT2D eigenvalue weighted by Crippen LogP contribution is -2.42. The summed E-state index contributed by atoms with van der Waals surface area (Å²) in [6.07, 6.45) is 1.56. The average molecular weight is 491 g/mol. The number of aromatic nitrogens is 2. The Hall–Kier alpha value is -2.90. The first-order chi connectivity index (χ1) is 16.0. The number of nitrogens with zero attached hydrogens (tertiary/aromatic N) is 3. The second-order valence-electron chi connectivity index (χ2n) is 8.78. The maximum absolute atomic E-state index is 12.8. The van der Waals surface area contributed by atoms with Crippen molar-refractivity contribution in [3.63, 3.8) is 0 Å². The normalized spacial score (nSPS) is 16.5. The third kappa shape index (κ3) is 4.55. The lowest BCUT2D eigenvalue weighted by Gasteiger charge is -2.26. The van der Waals surface area contributed by atoms with Gasteiger partial charge in [-0.3, -0.25) is 4.98 Å². The Balaban J connectivity index is 1.82. The Labute approximate surface area is 196 Å². The van der Waals surface area contributed by atoms with Gasteiger partial charge in [0.1, 0.15) is 17.0 Å². The summed E-state index contributed by atoms with van der Waals surface area (Å²) in [6, 6.07) is 8.79. The highest BCUT2D eigenvalue weighted by atomic mass is 32.2. The number of fused-ring (bicyclic) bond motifs is 1. The molecule has 0 saturated heterocycles. The standard InChI is InChI=1S/C24H25F3N4O2S/c1-15-8-10-19-20(13-28)23(31(22(19)12-15)17-6-4-3-5-7-17)21-11-9-18(14-29-21)34(32,33)30-16(2)24(25,26)27/h8-12,14,16-17,30H,3-7H2,1-2H3.